The Morgan fingerprint density at radius 3 is 2.71 bits per heavy atom. The third kappa shape index (κ3) is 4.08. The molecule has 0 aromatic heterocycles. The van der Waals surface area contributed by atoms with Gasteiger partial charge in [0, 0.05) is 19.6 Å². The highest BCUT2D eigenvalue weighted by molar-refractivity contribution is 5.02. The van der Waals surface area contributed by atoms with E-state index in [1.165, 1.54) is 19.3 Å². The lowest BCUT2D eigenvalue weighted by molar-refractivity contribution is 0.114. The molecule has 0 radical (unpaired) electrons. The van der Waals surface area contributed by atoms with Crippen LogP contribution in [0, 0.1) is 17.2 Å². The summed E-state index contributed by atoms with van der Waals surface area (Å²) in [7, 11) is 1.81. The van der Waals surface area contributed by atoms with E-state index in [-0.39, 0.29) is 0 Å². The van der Waals surface area contributed by atoms with Gasteiger partial charge in [0.2, 0.25) is 0 Å². The third-order valence-corrected chi connectivity index (χ3v) is 2.91. The maximum Gasteiger partial charge on any atom is 0.105 e. The molecule has 14 heavy (non-hydrogen) atoms. The number of hydrogen-bond acceptors (Lipinski definition) is 3. The summed E-state index contributed by atoms with van der Waals surface area (Å²) < 4.78 is 5.49. The first-order valence-corrected chi connectivity index (χ1v) is 5.38. The lowest BCUT2D eigenvalue weighted by atomic mass is 10.0. The van der Waals surface area contributed by atoms with Gasteiger partial charge in [-0.25, -0.2) is 0 Å². The lowest BCUT2D eigenvalue weighted by Crippen LogP contribution is -2.39. The molecule has 0 amide bonds. The second-order valence-electron chi connectivity index (χ2n) is 4.29. The Kier molecular flexibility index (Phi) is 4.37. The van der Waals surface area contributed by atoms with E-state index in [0.717, 1.165) is 18.9 Å². The van der Waals surface area contributed by atoms with Crippen LogP contribution < -0.4 is 5.32 Å². The Hall–Kier alpha value is -0.590. The van der Waals surface area contributed by atoms with Gasteiger partial charge in [-0.2, -0.15) is 5.26 Å². The lowest BCUT2D eigenvalue weighted by Gasteiger charge is -2.20. The molecule has 1 N–H and O–H groups in total. The van der Waals surface area contributed by atoms with Crippen LogP contribution in [0.3, 0.4) is 0 Å². The average molecular weight is 196 g/mol. The molecule has 1 atom stereocenters. The summed E-state index contributed by atoms with van der Waals surface area (Å²) in [6.45, 7) is 3.44. The van der Waals surface area contributed by atoms with Crippen molar-refractivity contribution in [2.75, 3.05) is 20.3 Å². The molecule has 1 rings (SSSR count). The van der Waals surface area contributed by atoms with Crippen LogP contribution in [0.15, 0.2) is 0 Å². The van der Waals surface area contributed by atoms with Crippen molar-refractivity contribution in [1.82, 2.24) is 5.32 Å². The fraction of sp³-hybridized carbons (Fsp3) is 0.909. The van der Waals surface area contributed by atoms with Gasteiger partial charge in [-0.1, -0.05) is 12.8 Å². The molecule has 1 aliphatic carbocycles. The van der Waals surface area contributed by atoms with E-state index in [2.05, 4.69) is 11.4 Å². The molecule has 0 bridgehead atoms. The Bertz CT molecular complexity index is 208. The van der Waals surface area contributed by atoms with Crippen LogP contribution in [0.1, 0.15) is 32.6 Å². The monoisotopic (exact) mass is 196 g/mol. The van der Waals surface area contributed by atoms with Crippen LogP contribution in [-0.4, -0.2) is 25.8 Å². The van der Waals surface area contributed by atoms with E-state index < -0.39 is 5.54 Å². The Balaban J connectivity index is 1.98. The van der Waals surface area contributed by atoms with E-state index in [4.69, 9.17) is 10.00 Å². The molecule has 1 fully saturated rings. The van der Waals surface area contributed by atoms with E-state index >= 15 is 0 Å². The molecule has 0 aromatic rings. The molecular formula is C11H20N2O. The third-order valence-electron chi connectivity index (χ3n) is 2.91. The van der Waals surface area contributed by atoms with Crippen molar-refractivity contribution >= 4 is 0 Å². The minimum absolute atomic E-state index is 0.431. The fourth-order valence-corrected chi connectivity index (χ4v) is 1.27. The molecule has 0 saturated heterocycles. The molecule has 1 unspecified atom stereocenters. The first kappa shape index (κ1) is 11.5. The zero-order chi connectivity index (χ0) is 10.4. The van der Waals surface area contributed by atoms with Gasteiger partial charge in [0.15, 0.2) is 0 Å². The van der Waals surface area contributed by atoms with Crippen LogP contribution in [0.4, 0.5) is 0 Å². The number of nitrogens with zero attached hydrogens (tertiary/aromatic N) is 1. The van der Waals surface area contributed by atoms with Crippen LogP contribution in [0.5, 0.6) is 0 Å². The van der Waals surface area contributed by atoms with Crippen LogP contribution in [0.2, 0.25) is 0 Å². The highest BCUT2D eigenvalue weighted by Gasteiger charge is 2.22. The predicted molar refractivity (Wildman–Crippen MR) is 55.9 cm³/mol. The normalized spacial score (nSPS) is 20.1. The fourth-order valence-electron chi connectivity index (χ4n) is 1.27. The predicted octanol–water partition coefficient (Wildman–Crippen LogP) is 1.69. The summed E-state index contributed by atoms with van der Waals surface area (Å²) >= 11 is 0. The van der Waals surface area contributed by atoms with Crippen molar-refractivity contribution in [3.8, 4) is 6.07 Å². The molecule has 3 nitrogen and oxygen atoms in total. The molecule has 0 aromatic carbocycles. The molecule has 1 saturated carbocycles. The van der Waals surface area contributed by atoms with Gasteiger partial charge in [-0.15, -0.1) is 0 Å². The quantitative estimate of drug-likeness (QED) is 0.630. The second kappa shape index (κ2) is 5.33. The van der Waals surface area contributed by atoms with Crippen LogP contribution in [-0.2, 0) is 4.74 Å². The van der Waals surface area contributed by atoms with Crippen molar-refractivity contribution in [1.29, 1.82) is 5.26 Å². The van der Waals surface area contributed by atoms with Gasteiger partial charge in [0.1, 0.15) is 5.54 Å². The Morgan fingerprint density at radius 2 is 2.21 bits per heavy atom. The summed E-state index contributed by atoms with van der Waals surface area (Å²) in [6, 6.07) is 2.25. The highest BCUT2D eigenvalue weighted by Crippen LogP contribution is 2.32. The standard InChI is InChI=1S/C11H20N2O/c1-11(9-12,13-2)6-8-14-7-5-10-3-4-10/h10,13H,3-8H2,1-2H3. The van der Waals surface area contributed by atoms with Gasteiger partial charge in [0.25, 0.3) is 0 Å². The number of hydrogen-bond donors (Lipinski definition) is 1. The highest BCUT2D eigenvalue weighted by atomic mass is 16.5. The molecular weight excluding hydrogens is 176 g/mol. The van der Waals surface area contributed by atoms with Gasteiger partial charge in [0.05, 0.1) is 6.07 Å². The summed E-state index contributed by atoms with van der Waals surface area (Å²) in [5.74, 6) is 0.932. The zero-order valence-corrected chi connectivity index (χ0v) is 9.18. The van der Waals surface area contributed by atoms with E-state index in [1.54, 1.807) is 0 Å². The van der Waals surface area contributed by atoms with Crippen LogP contribution in [0.25, 0.3) is 0 Å². The topological polar surface area (TPSA) is 45.0 Å². The minimum atomic E-state index is -0.431. The van der Waals surface area contributed by atoms with E-state index in [1.807, 2.05) is 14.0 Å². The van der Waals surface area contributed by atoms with Crippen molar-refractivity contribution in [2.45, 2.75) is 38.1 Å². The molecule has 0 aliphatic heterocycles. The van der Waals surface area contributed by atoms with Crippen LogP contribution >= 0.6 is 0 Å². The average Bonchev–Trinajstić information content (AvgIpc) is 3.01. The van der Waals surface area contributed by atoms with E-state index in [0.29, 0.717) is 6.61 Å². The summed E-state index contributed by atoms with van der Waals surface area (Å²) in [5.41, 5.74) is -0.431. The molecule has 1 aliphatic rings. The summed E-state index contributed by atoms with van der Waals surface area (Å²) in [4.78, 5) is 0. The second-order valence-corrected chi connectivity index (χ2v) is 4.29. The largest absolute Gasteiger partial charge is 0.381 e. The zero-order valence-electron chi connectivity index (χ0n) is 9.18. The molecule has 0 spiro atoms. The SMILES string of the molecule is CNC(C)(C#N)CCOCCC1CC1. The van der Waals surface area contributed by atoms with Gasteiger partial charge < -0.3 is 10.1 Å². The minimum Gasteiger partial charge on any atom is -0.381 e. The smallest absolute Gasteiger partial charge is 0.105 e. The van der Waals surface area contributed by atoms with Crippen molar-refractivity contribution in [3.05, 3.63) is 0 Å². The maximum absolute atomic E-state index is 8.87. The van der Waals surface area contributed by atoms with E-state index in [9.17, 15) is 0 Å². The molecule has 3 heteroatoms. The first-order chi connectivity index (χ1) is 6.70. The molecule has 0 heterocycles. The Labute approximate surface area is 86.4 Å². The van der Waals surface area contributed by atoms with Gasteiger partial charge in [-0.05, 0) is 26.3 Å². The Morgan fingerprint density at radius 1 is 1.50 bits per heavy atom. The summed E-state index contributed by atoms with van der Waals surface area (Å²) in [6.07, 6.45) is 4.72. The summed E-state index contributed by atoms with van der Waals surface area (Å²) in [5, 5.41) is 11.9. The number of ether oxygens (including phenoxy) is 1. The number of nitriles is 1. The van der Waals surface area contributed by atoms with Crippen molar-refractivity contribution in [2.24, 2.45) is 5.92 Å². The van der Waals surface area contributed by atoms with Gasteiger partial charge >= 0.3 is 0 Å². The maximum atomic E-state index is 8.87. The van der Waals surface area contributed by atoms with Crippen molar-refractivity contribution in [3.63, 3.8) is 0 Å². The number of rotatable bonds is 7. The number of nitrogens with one attached hydrogen (secondary N) is 1. The molecule has 80 valence electrons. The van der Waals surface area contributed by atoms with Crippen molar-refractivity contribution < 1.29 is 4.74 Å². The first-order valence-electron chi connectivity index (χ1n) is 5.38. The van der Waals surface area contributed by atoms with Gasteiger partial charge in [-0.3, -0.25) is 0 Å².